The molecule has 0 saturated heterocycles. The van der Waals surface area contributed by atoms with E-state index in [1.807, 2.05) is 6.07 Å². The first kappa shape index (κ1) is 23.6. The summed E-state index contributed by atoms with van der Waals surface area (Å²) in [6, 6.07) is 3.68. The predicted octanol–water partition coefficient (Wildman–Crippen LogP) is 7.60. The molecule has 0 atom stereocenters. The van der Waals surface area contributed by atoms with Crippen molar-refractivity contribution < 1.29 is 4.79 Å². The van der Waals surface area contributed by atoms with Gasteiger partial charge in [-0.25, -0.2) is 4.98 Å². The van der Waals surface area contributed by atoms with Crippen molar-refractivity contribution in [1.29, 1.82) is 0 Å². The Balaban J connectivity index is 1.90. The molecule has 0 saturated carbocycles. The van der Waals surface area contributed by atoms with Crippen molar-refractivity contribution in [2.24, 2.45) is 0 Å². The molecule has 0 bridgehead atoms. The van der Waals surface area contributed by atoms with Gasteiger partial charge in [-0.05, 0) is 66.6 Å². The van der Waals surface area contributed by atoms with Gasteiger partial charge in [-0.2, -0.15) is 0 Å². The van der Waals surface area contributed by atoms with Crippen LogP contribution in [0, 0.1) is 0 Å². The normalized spacial score (nSPS) is 11.5. The van der Waals surface area contributed by atoms with Crippen LogP contribution in [0.2, 0.25) is 0 Å². The van der Waals surface area contributed by atoms with E-state index >= 15 is 0 Å². The molecule has 1 heterocycles. The number of anilines is 1. The first-order chi connectivity index (χ1) is 13.2. The van der Waals surface area contributed by atoms with Crippen molar-refractivity contribution in [2.75, 3.05) is 5.32 Å². The Morgan fingerprint density at radius 1 is 0.963 bits per heavy atom. The molecule has 0 aliphatic heterocycles. The Labute approximate surface area is 173 Å². The molecule has 0 aliphatic carbocycles. The number of nitrogens with zero attached hydrogens (tertiary/aromatic N) is 1. The van der Waals surface area contributed by atoms with Crippen LogP contribution in [0.25, 0.3) is 0 Å². The number of pyridine rings is 1. The first-order valence-electron chi connectivity index (χ1n) is 10.4. The lowest BCUT2D eigenvalue weighted by Crippen LogP contribution is -2.11. The van der Waals surface area contributed by atoms with Crippen LogP contribution in [0.5, 0.6) is 0 Å². The fourth-order valence-corrected chi connectivity index (χ4v) is 2.99. The summed E-state index contributed by atoms with van der Waals surface area (Å²) >= 11 is 3.33. The summed E-state index contributed by atoms with van der Waals surface area (Å²) in [5.74, 6) is 0.668. The van der Waals surface area contributed by atoms with Crippen molar-refractivity contribution in [3.8, 4) is 0 Å². The van der Waals surface area contributed by atoms with Crippen LogP contribution in [0.1, 0.15) is 84.0 Å². The number of hydrogen-bond donors (Lipinski definition) is 1. The first-order valence-corrected chi connectivity index (χ1v) is 11.2. The van der Waals surface area contributed by atoms with Gasteiger partial charge >= 0.3 is 0 Å². The number of amides is 1. The summed E-state index contributed by atoms with van der Waals surface area (Å²) in [6.07, 6.45) is 24.6. The molecule has 0 aliphatic rings. The van der Waals surface area contributed by atoms with Crippen LogP contribution < -0.4 is 5.32 Å². The highest BCUT2D eigenvalue weighted by atomic mass is 79.9. The summed E-state index contributed by atoms with van der Waals surface area (Å²) in [5.41, 5.74) is 0. The van der Waals surface area contributed by atoms with Gasteiger partial charge in [0.15, 0.2) is 0 Å². The van der Waals surface area contributed by atoms with Gasteiger partial charge in [0.2, 0.25) is 5.91 Å². The number of nitrogens with one attached hydrogen (secondary N) is 1. The van der Waals surface area contributed by atoms with Gasteiger partial charge in [0.05, 0.1) is 0 Å². The molecule has 0 radical (unpaired) electrons. The van der Waals surface area contributed by atoms with E-state index in [4.69, 9.17) is 0 Å². The highest BCUT2D eigenvalue weighted by molar-refractivity contribution is 9.10. The zero-order chi connectivity index (χ0) is 19.6. The molecule has 0 spiro atoms. The molecule has 1 aromatic heterocycles. The van der Waals surface area contributed by atoms with E-state index in [-0.39, 0.29) is 5.91 Å². The van der Waals surface area contributed by atoms with E-state index in [1.165, 1.54) is 51.4 Å². The molecule has 1 aromatic rings. The number of unbranched alkanes of at least 4 members (excludes halogenated alkanes) is 8. The molecule has 1 amide bonds. The van der Waals surface area contributed by atoms with Crippen molar-refractivity contribution in [3.63, 3.8) is 0 Å². The van der Waals surface area contributed by atoms with E-state index < -0.39 is 0 Å². The maximum absolute atomic E-state index is 11.9. The molecular formula is C23H35BrN2O. The summed E-state index contributed by atoms with van der Waals surface area (Å²) in [5, 5.41) is 2.83. The minimum Gasteiger partial charge on any atom is -0.311 e. The fraction of sp³-hybridized carbons (Fsp3) is 0.565. The lowest BCUT2D eigenvalue weighted by molar-refractivity contribution is -0.116. The highest BCUT2D eigenvalue weighted by Gasteiger charge is 2.02. The SMILES string of the molecule is CCCCC/C=C\C/C=C\CCCCCCCC(=O)Nc1ccc(Br)cn1. The molecule has 0 aromatic carbocycles. The lowest BCUT2D eigenvalue weighted by atomic mass is 10.1. The Hall–Kier alpha value is -1.42. The van der Waals surface area contributed by atoms with E-state index in [0.29, 0.717) is 12.2 Å². The monoisotopic (exact) mass is 434 g/mol. The topological polar surface area (TPSA) is 42.0 Å². The molecule has 0 unspecified atom stereocenters. The van der Waals surface area contributed by atoms with Crippen molar-refractivity contribution >= 4 is 27.7 Å². The van der Waals surface area contributed by atoms with Crippen LogP contribution in [0.3, 0.4) is 0 Å². The second-order valence-electron chi connectivity index (χ2n) is 6.89. The lowest BCUT2D eigenvalue weighted by Gasteiger charge is -2.04. The molecule has 1 N–H and O–H groups in total. The van der Waals surface area contributed by atoms with Crippen molar-refractivity contribution in [1.82, 2.24) is 4.98 Å². The molecule has 27 heavy (non-hydrogen) atoms. The second kappa shape index (κ2) is 16.7. The van der Waals surface area contributed by atoms with Crippen LogP contribution in [-0.2, 0) is 4.79 Å². The summed E-state index contributed by atoms with van der Waals surface area (Å²) in [7, 11) is 0. The number of aromatic nitrogens is 1. The third kappa shape index (κ3) is 14.3. The minimum atomic E-state index is 0.0514. The van der Waals surface area contributed by atoms with Gasteiger partial charge in [-0.3, -0.25) is 4.79 Å². The molecule has 4 heteroatoms. The number of halogens is 1. The van der Waals surface area contributed by atoms with Crippen LogP contribution in [0.4, 0.5) is 5.82 Å². The van der Waals surface area contributed by atoms with Crippen LogP contribution in [-0.4, -0.2) is 10.9 Å². The van der Waals surface area contributed by atoms with Crippen molar-refractivity contribution in [2.45, 2.75) is 84.0 Å². The maximum atomic E-state index is 11.9. The Bertz CT molecular complexity index is 552. The largest absolute Gasteiger partial charge is 0.311 e. The quantitative estimate of drug-likeness (QED) is 0.228. The molecule has 0 fully saturated rings. The molecule has 150 valence electrons. The van der Waals surface area contributed by atoms with Crippen LogP contribution >= 0.6 is 15.9 Å². The summed E-state index contributed by atoms with van der Waals surface area (Å²) in [6.45, 7) is 2.24. The summed E-state index contributed by atoms with van der Waals surface area (Å²) < 4.78 is 0.911. The average Bonchev–Trinajstić information content (AvgIpc) is 2.66. The number of hydrogen-bond acceptors (Lipinski definition) is 2. The van der Waals surface area contributed by atoms with Gasteiger partial charge in [0, 0.05) is 17.1 Å². The van der Waals surface area contributed by atoms with Gasteiger partial charge in [-0.1, -0.05) is 63.3 Å². The minimum absolute atomic E-state index is 0.0514. The van der Waals surface area contributed by atoms with E-state index in [2.05, 4.69) is 57.5 Å². The van der Waals surface area contributed by atoms with Gasteiger partial charge in [0.1, 0.15) is 5.82 Å². The van der Waals surface area contributed by atoms with E-state index in [1.54, 1.807) is 12.3 Å². The summed E-state index contributed by atoms with van der Waals surface area (Å²) in [4.78, 5) is 16.0. The molecule has 1 rings (SSSR count). The number of rotatable bonds is 15. The average molecular weight is 435 g/mol. The third-order valence-electron chi connectivity index (χ3n) is 4.35. The number of carbonyl (C=O) groups excluding carboxylic acids is 1. The van der Waals surface area contributed by atoms with Gasteiger partial charge in [0.25, 0.3) is 0 Å². The zero-order valence-corrected chi connectivity index (χ0v) is 18.3. The Morgan fingerprint density at radius 2 is 1.63 bits per heavy atom. The third-order valence-corrected chi connectivity index (χ3v) is 4.82. The Kier molecular flexibility index (Phi) is 14.6. The number of allylic oxidation sites excluding steroid dienone is 4. The number of carbonyl (C=O) groups is 1. The fourth-order valence-electron chi connectivity index (χ4n) is 2.75. The predicted molar refractivity (Wildman–Crippen MR) is 120 cm³/mol. The maximum Gasteiger partial charge on any atom is 0.225 e. The van der Waals surface area contributed by atoms with Crippen molar-refractivity contribution in [3.05, 3.63) is 47.1 Å². The standard InChI is InChI=1S/C23H35BrN2O/c1-2-3-4-5-6-7-8-9-10-11-12-13-14-15-16-17-23(27)26-22-19-18-21(24)20-25-22/h6-7,9-10,18-20H,2-5,8,11-17H2,1H3,(H,25,26,27)/b7-6-,10-9-. The Morgan fingerprint density at radius 3 is 2.30 bits per heavy atom. The molecule has 3 nitrogen and oxygen atoms in total. The van der Waals surface area contributed by atoms with Gasteiger partial charge in [-0.15, -0.1) is 0 Å². The second-order valence-corrected chi connectivity index (χ2v) is 7.81. The van der Waals surface area contributed by atoms with E-state index in [9.17, 15) is 4.79 Å². The zero-order valence-electron chi connectivity index (χ0n) is 16.8. The van der Waals surface area contributed by atoms with E-state index in [0.717, 1.165) is 23.7 Å². The molecular weight excluding hydrogens is 400 g/mol. The smallest absolute Gasteiger partial charge is 0.225 e. The van der Waals surface area contributed by atoms with Crippen LogP contribution in [0.15, 0.2) is 47.1 Å². The van der Waals surface area contributed by atoms with Gasteiger partial charge < -0.3 is 5.32 Å². The highest BCUT2D eigenvalue weighted by Crippen LogP contribution is 2.12.